The maximum absolute atomic E-state index is 12.4. The molecular weight excluding hydrogens is 402 g/mol. The quantitative estimate of drug-likeness (QED) is 0.593. The molecule has 0 fully saturated rings. The summed E-state index contributed by atoms with van der Waals surface area (Å²) in [6, 6.07) is 9.93. The topological polar surface area (TPSA) is 63.4 Å². The van der Waals surface area contributed by atoms with Crippen LogP contribution in [0.4, 0.5) is 0 Å². The average Bonchev–Trinajstić information content (AvgIpc) is 2.97. The normalized spacial score (nSPS) is 11.0. The minimum Gasteiger partial charge on any atom is -0.341 e. The molecular formula is C17H18BrN5OS. The van der Waals surface area contributed by atoms with E-state index in [1.54, 1.807) is 4.90 Å². The molecule has 6 nitrogen and oxygen atoms in total. The van der Waals surface area contributed by atoms with Crippen LogP contribution in [0.2, 0.25) is 0 Å². The van der Waals surface area contributed by atoms with Crippen molar-refractivity contribution in [1.29, 1.82) is 0 Å². The zero-order chi connectivity index (χ0) is 18.0. The van der Waals surface area contributed by atoms with Crippen LogP contribution in [0.25, 0.3) is 5.78 Å². The number of fused-ring (bicyclic) bond motifs is 1. The van der Waals surface area contributed by atoms with Crippen LogP contribution in [-0.4, -0.2) is 43.2 Å². The molecule has 0 unspecified atom stereocenters. The van der Waals surface area contributed by atoms with Gasteiger partial charge in [-0.25, -0.2) is 4.98 Å². The van der Waals surface area contributed by atoms with Gasteiger partial charge < -0.3 is 4.90 Å². The second-order valence-corrected chi connectivity index (χ2v) is 7.68. The zero-order valence-corrected chi connectivity index (χ0v) is 16.6. The lowest BCUT2D eigenvalue weighted by Gasteiger charge is -2.17. The smallest absolute Gasteiger partial charge is 0.256 e. The Labute approximate surface area is 158 Å². The Kier molecular flexibility index (Phi) is 5.39. The van der Waals surface area contributed by atoms with E-state index in [9.17, 15) is 4.79 Å². The van der Waals surface area contributed by atoms with Crippen LogP contribution in [0, 0.1) is 13.8 Å². The standard InChI is InChI=1S/C17H18BrN5OS/c1-11-8-12(2)23-16(19-11)20-21-17(23)25-10-15(24)22(3)9-13-4-6-14(18)7-5-13/h4-8H,9-10H2,1-3H3. The Morgan fingerprint density at radius 3 is 2.68 bits per heavy atom. The van der Waals surface area contributed by atoms with Crippen molar-refractivity contribution >= 4 is 39.4 Å². The van der Waals surface area contributed by atoms with Crippen molar-refractivity contribution in [2.45, 2.75) is 25.5 Å². The molecule has 1 aromatic carbocycles. The van der Waals surface area contributed by atoms with Gasteiger partial charge in [0.05, 0.1) is 5.75 Å². The van der Waals surface area contributed by atoms with E-state index < -0.39 is 0 Å². The number of aryl methyl sites for hydroxylation is 2. The van der Waals surface area contributed by atoms with Gasteiger partial charge in [-0.1, -0.05) is 39.8 Å². The number of hydrogen-bond donors (Lipinski definition) is 0. The van der Waals surface area contributed by atoms with E-state index in [2.05, 4.69) is 31.1 Å². The molecule has 3 aromatic rings. The van der Waals surface area contributed by atoms with Crippen LogP contribution in [0.1, 0.15) is 17.0 Å². The molecule has 25 heavy (non-hydrogen) atoms. The summed E-state index contributed by atoms with van der Waals surface area (Å²) in [6.07, 6.45) is 0. The van der Waals surface area contributed by atoms with E-state index in [4.69, 9.17) is 0 Å². The van der Waals surface area contributed by atoms with Gasteiger partial charge in [-0.2, -0.15) is 0 Å². The highest BCUT2D eigenvalue weighted by atomic mass is 79.9. The fourth-order valence-corrected chi connectivity index (χ4v) is 3.67. The SMILES string of the molecule is Cc1cc(C)n2c(SCC(=O)N(C)Cc3ccc(Br)cc3)nnc2n1. The summed E-state index contributed by atoms with van der Waals surface area (Å²) in [6.45, 7) is 4.48. The van der Waals surface area contributed by atoms with Crippen LogP contribution < -0.4 is 0 Å². The minimum atomic E-state index is 0.0439. The Morgan fingerprint density at radius 1 is 1.24 bits per heavy atom. The van der Waals surface area contributed by atoms with Crippen LogP contribution >= 0.6 is 27.7 Å². The molecule has 0 spiro atoms. The molecule has 1 amide bonds. The fourth-order valence-electron chi connectivity index (χ4n) is 2.48. The van der Waals surface area contributed by atoms with Crippen LogP contribution in [0.5, 0.6) is 0 Å². The van der Waals surface area contributed by atoms with Gasteiger partial charge in [-0.15, -0.1) is 10.2 Å². The van der Waals surface area contributed by atoms with Crippen molar-refractivity contribution < 1.29 is 4.79 Å². The number of thioether (sulfide) groups is 1. The highest BCUT2D eigenvalue weighted by Gasteiger charge is 2.14. The van der Waals surface area contributed by atoms with E-state index in [1.165, 1.54) is 11.8 Å². The molecule has 2 aromatic heterocycles. The number of rotatable bonds is 5. The van der Waals surface area contributed by atoms with Gasteiger partial charge in [-0.05, 0) is 37.6 Å². The number of amides is 1. The van der Waals surface area contributed by atoms with Gasteiger partial charge in [-0.3, -0.25) is 9.20 Å². The summed E-state index contributed by atoms with van der Waals surface area (Å²) < 4.78 is 2.90. The molecule has 2 heterocycles. The number of nitrogens with zero attached hydrogens (tertiary/aromatic N) is 5. The number of aromatic nitrogens is 4. The molecule has 8 heteroatoms. The first-order valence-electron chi connectivity index (χ1n) is 7.74. The predicted octanol–water partition coefficient (Wildman–Crippen LogP) is 3.25. The molecule has 0 aliphatic heterocycles. The van der Waals surface area contributed by atoms with Crippen molar-refractivity contribution in [2.24, 2.45) is 0 Å². The maximum Gasteiger partial charge on any atom is 0.256 e. The second-order valence-electron chi connectivity index (χ2n) is 5.82. The van der Waals surface area contributed by atoms with E-state index in [0.717, 1.165) is 21.4 Å². The monoisotopic (exact) mass is 419 g/mol. The van der Waals surface area contributed by atoms with Crippen molar-refractivity contribution in [1.82, 2.24) is 24.5 Å². The number of benzene rings is 1. The van der Waals surface area contributed by atoms with E-state index in [0.29, 0.717) is 23.2 Å². The number of halogens is 1. The molecule has 0 aliphatic carbocycles. The summed E-state index contributed by atoms with van der Waals surface area (Å²) in [5, 5.41) is 8.94. The Morgan fingerprint density at radius 2 is 1.96 bits per heavy atom. The summed E-state index contributed by atoms with van der Waals surface area (Å²) in [5.74, 6) is 0.916. The largest absolute Gasteiger partial charge is 0.341 e. The highest BCUT2D eigenvalue weighted by molar-refractivity contribution is 9.10. The fraction of sp³-hybridized carbons (Fsp3) is 0.294. The lowest BCUT2D eigenvalue weighted by Crippen LogP contribution is -2.27. The Balaban J connectivity index is 1.65. The van der Waals surface area contributed by atoms with Crippen molar-refractivity contribution in [2.75, 3.05) is 12.8 Å². The van der Waals surface area contributed by atoms with Crippen molar-refractivity contribution in [3.05, 3.63) is 51.8 Å². The molecule has 0 saturated heterocycles. The summed E-state index contributed by atoms with van der Waals surface area (Å²) >= 11 is 4.79. The third-order valence-corrected chi connectivity index (χ3v) is 5.19. The Bertz CT molecular complexity index is 909. The average molecular weight is 420 g/mol. The van der Waals surface area contributed by atoms with Crippen molar-refractivity contribution in [3.63, 3.8) is 0 Å². The van der Waals surface area contributed by atoms with Gasteiger partial charge >= 0.3 is 0 Å². The lowest BCUT2D eigenvalue weighted by molar-refractivity contribution is -0.127. The molecule has 0 saturated carbocycles. The molecule has 0 N–H and O–H groups in total. The maximum atomic E-state index is 12.4. The third kappa shape index (κ3) is 4.19. The molecule has 0 bridgehead atoms. The van der Waals surface area contributed by atoms with Crippen LogP contribution in [0.3, 0.4) is 0 Å². The summed E-state index contributed by atoms with van der Waals surface area (Å²) in [7, 11) is 1.81. The van der Waals surface area contributed by atoms with Gasteiger partial charge in [0, 0.05) is 29.5 Å². The lowest BCUT2D eigenvalue weighted by atomic mass is 10.2. The third-order valence-electron chi connectivity index (χ3n) is 3.75. The predicted molar refractivity (Wildman–Crippen MR) is 102 cm³/mol. The first-order chi connectivity index (χ1) is 11.9. The molecule has 0 radical (unpaired) electrons. The number of carbonyl (C=O) groups is 1. The number of carbonyl (C=O) groups excluding carboxylic acids is 1. The van der Waals surface area contributed by atoms with Gasteiger partial charge in [0.25, 0.3) is 5.78 Å². The first-order valence-corrected chi connectivity index (χ1v) is 9.52. The molecule has 130 valence electrons. The van der Waals surface area contributed by atoms with E-state index in [1.807, 2.05) is 55.6 Å². The molecule has 0 atom stereocenters. The summed E-state index contributed by atoms with van der Waals surface area (Å²) in [5.41, 5.74) is 3.00. The highest BCUT2D eigenvalue weighted by Crippen LogP contribution is 2.19. The van der Waals surface area contributed by atoms with Gasteiger partial charge in [0.2, 0.25) is 5.91 Å². The first kappa shape index (κ1) is 17.9. The summed E-state index contributed by atoms with van der Waals surface area (Å²) in [4.78, 5) is 18.5. The Hall–Kier alpha value is -1.93. The number of hydrogen-bond acceptors (Lipinski definition) is 5. The van der Waals surface area contributed by atoms with Gasteiger partial charge in [0.15, 0.2) is 5.16 Å². The van der Waals surface area contributed by atoms with Crippen LogP contribution in [0.15, 0.2) is 40.0 Å². The van der Waals surface area contributed by atoms with Crippen molar-refractivity contribution in [3.8, 4) is 0 Å². The molecule has 3 rings (SSSR count). The zero-order valence-electron chi connectivity index (χ0n) is 14.2. The molecule has 0 aliphatic rings. The minimum absolute atomic E-state index is 0.0439. The van der Waals surface area contributed by atoms with E-state index in [-0.39, 0.29) is 5.91 Å². The van der Waals surface area contributed by atoms with Crippen LogP contribution in [-0.2, 0) is 11.3 Å². The van der Waals surface area contributed by atoms with E-state index >= 15 is 0 Å². The van der Waals surface area contributed by atoms with Gasteiger partial charge in [0.1, 0.15) is 0 Å². The second kappa shape index (κ2) is 7.53.